The standard InChI is InChI=1S/C20H28N6/c1-4-26(5-2)25-24-18-12-10-16(11-13-18)19-14-21-15(3)22-20(19)23-17-8-6-7-9-17/h10-14,17H,4-9H2,1-3H3,(H,21,22,23). The van der Waals surface area contributed by atoms with Crippen LogP contribution in [0.1, 0.15) is 45.4 Å². The van der Waals surface area contributed by atoms with Crippen LogP contribution in [0.3, 0.4) is 0 Å². The highest BCUT2D eigenvalue weighted by Crippen LogP contribution is 2.30. The molecule has 0 amide bonds. The van der Waals surface area contributed by atoms with E-state index in [-0.39, 0.29) is 0 Å². The lowest BCUT2D eigenvalue weighted by Crippen LogP contribution is -2.16. The van der Waals surface area contributed by atoms with Crippen LogP contribution in [0.25, 0.3) is 11.1 Å². The Hall–Kier alpha value is -2.50. The molecule has 0 saturated heterocycles. The van der Waals surface area contributed by atoms with E-state index in [9.17, 15) is 0 Å². The van der Waals surface area contributed by atoms with Crippen molar-refractivity contribution in [3.8, 4) is 11.1 Å². The Labute approximate surface area is 155 Å². The third-order valence-corrected chi connectivity index (χ3v) is 4.80. The van der Waals surface area contributed by atoms with Gasteiger partial charge in [-0.2, -0.15) is 0 Å². The lowest BCUT2D eigenvalue weighted by molar-refractivity contribution is 0.301. The first-order chi connectivity index (χ1) is 12.7. The molecule has 0 bridgehead atoms. The van der Waals surface area contributed by atoms with Gasteiger partial charge in [0.05, 0.1) is 5.69 Å². The third kappa shape index (κ3) is 4.56. The zero-order chi connectivity index (χ0) is 18.4. The van der Waals surface area contributed by atoms with Crippen molar-refractivity contribution in [2.75, 3.05) is 18.4 Å². The van der Waals surface area contributed by atoms with E-state index in [1.54, 1.807) is 0 Å². The normalized spacial score (nSPS) is 14.9. The van der Waals surface area contributed by atoms with E-state index in [1.807, 2.05) is 30.3 Å². The maximum Gasteiger partial charge on any atom is 0.137 e. The second-order valence-electron chi connectivity index (χ2n) is 6.68. The van der Waals surface area contributed by atoms with Crippen LogP contribution in [-0.4, -0.2) is 34.1 Å². The maximum atomic E-state index is 4.65. The predicted octanol–water partition coefficient (Wildman–Crippen LogP) is 5.15. The molecule has 0 aliphatic heterocycles. The zero-order valence-electron chi connectivity index (χ0n) is 15.9. The lowest BCUT2D eigenvalue weighted by atomic mass is 10.1. The Morgan fingerprint density at radius 1 is 1.12 bits per heavy atom. The van der Waals surface area contributed by atoms with Crippen LogP contribution in [0.15, 0.2) is 40.8 Å². The molecular formula is C20H28N6. The predicted molar refractivity (Wildman–Crippen MR) is 106 cm³/mol. The van der Waals surface area contributed by atoms with Crippen molar-refractivity contribution < 1.29 is 0 Å². The fourth-order valence-corrected chi connectivity index (χ4v) is 3.23. The zero-order valence-corrected chi connectivity index (χ0v) is 15.9. The molecule has 1 aromatic heterocycles. The van der Waals surface area contributed by atoms with Crippen molar-refractivity contribution in [3.05, 3.63) is 36.3 Å². The number of hydrogen-bond acceptors (Lipinski definition) is 5. The smallest absolute Gasteiger partial charge is 0.137 e. The van der Waals surface area contributed by atoms with Crippen LogP contribution < -0.4 is 5.32 Å². The van der Waals surface area contributed by atoms with Gasteiger partial charge in [0.1, 0.15) is 11.6 Å². The van der Waals surface area contributed by atoms with Gasteiger partial charge in [-0.25, -0.2) is 9.97 Å². The van der Waals surface area contributed by atoms with E-state index in [2.05, 4.69) is 51.6 Å². The van der Waals surface area contributed by atoms with Gasteiger partial charge in [0, 0.05) is 30.9 Å². The molecule has 6 nitrogen and oxygen atoms in total. The van der Waals surface area contributed by atoms with Crippen molar-refractivity contribution in [2.45, 2.75) is 52.5 Å². The molecule has 1 aliphatic rings. The number of aromatic nitrogens is 2. The fourth-order valence-electron chi connectivity index (χ4n) is 3.23. The van der Waals surface area contributed by atoms with Gasteiger partial charge in [-0.3, -0.25) is 5.01 Å². The van der Waals surface area contributed by atoms with Gasteiger partial charge in [-0.1, -0.05) is 30.2 Å². The molecule has 1 fully saturated rings. The van der Waals surface area contributed by atoms with Gasteiger partial charge in [0.2, 0.25) is 0 Å². The molecule has 0 radical (unpaired) electrons. The molecule has 1 N–H and O–H groups in total. The average molecular weight is 352 g/mol. The molecule has 1 saturated carbocycles. The summed E-state index contributed by atoms with van der Waals surface area (Å²) in [5.74, 6) is 1.72. The summed E-state index contributed by atoms with van der Waals surface area (Å²) >= 11 is 0. The Morgan fingerprint density at radius 2 is 1.81 bits per heavy atom. The minimum absolute atomic E-state index is 0.519. The van der Waals surface area contributed by atoms with Gasteiger partial charge < -0.3 is 5.32 Å². The van der Waals surface area contributed by atoms with E-state index in [4.69, 9.17) is 0 Å². The van der Waals surface area contributed by atoms with E-state index < -0.39 is 0 Å². The molecule has 138 valence electrons. The average Bonchev–Trinajstić information content (AvgIpc) is 3.16. The van der Waals surface area contributed by atoms with Crippen molar-refractivity contribution in [1.82, 2.24) is 15.0 Å². The Balaban J connectivity index is 1.80. The minimum atomic E-state index is 0.519. The number of hydrogen-bond donors (Lipinski definition) is 1. The van der Waals surface area contributed by atoms with Gasteiger partial charge in [-0.05, 0) is 51.3 Å². The summed E-state index contributed by atoms with van der Waals surface area (Å²) < 4.78 is 0. The number of benzene rings is 1. The van der Waals surface area contributed by atoms with Crippen LogP contribution in [0, 0.1) is 6.92 Å². The van der Waals surface area contributed by atoms with E-state index >= 15 is 0 Å². The lowest BCUT2D eigenvalue weighted by Gasteiger charge is -2.16. The summed E-state index contributed by atoms with van der Waals surface area (Å²) in [5, 5.41) is 14.1. The number of anilines is 1. The third-order valence-electron chi connectivity index (χ3n) is 4.80. The summed E-state index contributed by atoms with van der Waals surface area (Å²) in [6.07, 6.45) is 6.93. The number of rotatable bonds is 7. The highest BCUT2D eigenvalue weighted by molar-refractivity contribution is 5.75. The number of aryl methyl sites for hydroxylation is 1. The van der Waals surface area contributed by atoms with Gasteiger partial charge in [0.25, 0.3) is 0 Å². The molecular weight excluding hydrogens is 324 g/mol. The molecule has 1 heterocycles. The van der Waals surface area contributed by atoms with E-state index in [1.165, 1.54) is 25.7 Å². The Bertz CT molecular complexity index is 730. The first-order valence-corrected chi connectivity index (χ1v) is 9.56. The van der Waals surface area contributed by atoms with Crippen LogP contribution in [0.2, 0.25) is 0 Å². The van der Waals surface area contributed by atoms with Crippen LogP contribution >= 0.6 is 0 Å². The molecule has 1 aliphatic carbocycles. The molecule has 1 aromatic carbocycles. The first-order valence-electron chi connectivity index (χ1n) is 9.56. The second kappa shape index (κ2) is 8.74. The molecule has 0 atom stereocenters. The SMILES string of the molecule is CCN(CC)N=Nc1ccc(-c2cnc(C)nc2NC2CCCC2)cc1. The topological polar surface area (TPSA) is 65.8 Å². The monoisotopic (exact) mass is 352 g/mol. The summed E-state index contributed by atoms with van der Waals surface area (Å²) in [5.41, 5.74) is 2.97. The molecule has 0 spiro atoms. The van der Waals surface area contributed by atoms with Crippen molar-refractivity contribution in [2.24, 2.45) is 10.3 Å². The first kappa shape index (κ1) is 18.3. The van der Waals surface area contributed by atoms with Crippen molar-refractivity contribution in [3.63, 3.8) is 0 Å². The molecule has 3 rings (SSSR count). The Kier molecular flexibility index (Phi) is 6.15. The second-order valence-corrected chi connectivity index (χ2v) is 6.68. The summed E-state index contributed by atoms with van der Waals surface area (Å²) in [6, 6.07) is 8.61. The van der Waals surface area contributed by atoms with Crippen LogP contribution in [0.4, 0.5) is 11.5 Å². The van der Waals surface area contributed by atoms with Gasteiger partial charge in [-0.15, -0.1) is 5.11 Å². The molecule has 6 heteroatoms. The van der Waals surface area contributed by atoms with E-state index in [0.29, 0.717) is 6.04 Å². The quantitative estimate of drug-likeness (QED) is 0.553. The van der Waals surface area contributed by atoms with Crippen LogP contribution in [0.5, 0.6) is 0 Å². The summed E-state index contributed by atoms with van der Waals surface area (Å²) in [4.78, 5) is 9.04. The summed E-state index contributed by atoms with van der Waals surface area (Å²) in [7, 11) is 0. The number of nitrogens with zero attached hydrogens (tertiary/aromatic N) is 5. The van der Waals surface area contributed by atoms with Crippen LogP contribution in [-0.2, 0) is 0 Å². The minimum Gasteiger partial charge on any atom is -0.367 e. The largest absolute Gasteiger partial charge is 0.367 e. The maximum absolute atomic E-state index is 4.65. The highest BCUT2D eigenvalue weighted by Gasteiger charge is 2.17. The van der Waals surface area contributed by atoms with Crippen molar-refractivity contribution >= 4 is 11.5 Å². The fraction of sp³-hybridized carbons (Fsp3) is 0.500. The Morgan fingerprint density at radius 3 is 2.46 bits per heavy atom. The summed E-state index contributed by atoms with van der Waals surface area (Å²) in [6.45, 7) is 7.79. The van der Waals surface area contributed by atoms with Crippen molar-refractivity contribution in [1.29, 1.82) is 0 Å². The number of nitrogens with one attached hydrogen (secondary N) is 1. The molecule has 2 aromatic rings. The van der Waals surface area contributed by atoms with E-state index in [0.717, 1.165) is 41.5 Å². The van der Waals surface area contributed by atoms with Gasteiger partial charge in [0.15, 0.2) is 0 Å². The molecule has 0 unspecified atom stereocenters. The molecule has 26 heavy (non-hydrogen) atoms. The van der Waals surface area contributed by atoms with Gasteiger partial charge >= 0.3 is 0 Å². The highest BCUT2D eigenvalue weighted by atomic mass is 15.5.